The lowest BCUT2D eigenvalue weighted by Crippen LogP contribution is -2.23. The molecule has 11 heavy (non-hydrogen) atoms. The van der Waals surface area contributed by atoms with E-state index in [0.717, 1.165) is 19.8 Å². The van der Waals surface area contributed by atoms with Crippen molar-refractivity contribution in [3.63, 3.8) is 0 Å². The monoisotopic (exact) mass is 166 g/mol. The molecule has 0 unspecified atom stereocenters. The second-order valence-corrected chi connectivity index (χ2v) is 2.60. The minimum atomic E-state index is -4.29. The zero-order valence-electron chi connectivity index (χ0n) is 6.07. The molecule has 0 radical (unpaired) electrons. The second-order valence-electron chi connectivity index (χ2n) is 2.60. The molecule has 0 aromatic carbocycles. The highest BCUT2D eigenvalue weighted by molar-refractivity contribution is 5.87. The molecule has 0 amide bonds. The van der Waals surface area contributed by atoms with Crippen LogP contribution in [0.5, 0.6) is 0 Å². The summed E-state index contributed by atoms with van der Waals surface area (Å²) in [5, 5.41) is 3.20. The standard InChI is InChI=1S/C6H9F3N2/c1-4(6(7,8)9)10-11-5-2-3-5/h5,11H,2-3H2,1H3/b10-4+. The fourth-order valence-corrected chi connectivity index (χ4v) is 0.464. The lowest BCUT2D eigenvalue weighted by Gasteiger charge is -2.04. The van der Waals surface area contributed by atoms with Crippen molar-refractivity contribution < 1.29 is 13.2 Å². The minimum Gasteiger partial charge on any atom is -0.307 e. The van der Waals surface area contributed by atoms with Crippen molar-refractivity contribution in [2.45, 2.75) is 32.0 Å². The highest BCUT2D eigenvalue weighted by Crippen LogP contribution is 2.20. The van der Waals surface area contributed by atoms with Gasteiger partial charge in [-0.3, -0.25) is 0 Å². The number of hydrogen-bond donors (Lipinski definition) is 1. The Morgan fingerprint density at radius 2 is 2.00 bits per heavy atom. The Hall–Kier alpha value is -0.740. The summed E-state index contributed by atoms with van der Waals surface area (Å²) in [4.78, 5) is 0. The van der Waals surface area contributed by atoms with Gasteiger partial charge in [-0.1, -0.05) is 0 Å². The number of rotatable bonds is 2. The molecule has 1 fully saturated rings. The quantitative estimate of drug-likeness (QED) is 0.489. The smallest absolute Gasteiger partial charge is 0.307 e. The van der Waals surface area contributed by atoms with Gasteiger partial charge in [0.05, 0.1) is 0 Å². The van der Waals surface area contributed by atoms with Crippen molar-refractivity contribution in [1.29, 1.82) is 0 Å². The Labute approximate surface area is 62.5 Å². The summed E-state index contributed by atoms with van der Waals surface area (Å²) in [6.45, 7) is 0.954. The predicted octanol–water partition coefficient (Wildman–Crippen LogP) is 1.68. The SMILES string of the molecule is C/C(=N\NC1CC1)C(F)(F)F. The Balaban J connectivity index is 2.37. The highest BCUT2D eigenvalue weighted by Gasteiger charge is 2.32. The first kappa shape index (κ1) is 8.36. The van der Waals surface area contributed by atoms with E-state index in [4.69, 9.17) is 0 Å². The van der Waals surface area contributed by atoms with Crippen LogP contribution in [0.3, 0.4) is 0 Å². The van der Waals surface area contributed by atoms with Gasteiger partial charge in [-0.15, -0.1) is 0 Å². The maximum Gasteiger partial charge on any atom is 0.430 e. The zero-order valence-corrected chi connectivity index (χ0v) is 6.07. The second kappa shape index (κ2) is 2.71. The van der Waals surface area contributed by atoms with Gasteiger partial charge in [0.2, 0.25) is 0 Å². The van der Waals surface area contributed by atoms with Gasteiger partial charge < -0.3 is 5.43 Å². The van der Waals surface area contributed by atoms with Gasteiger partial charge in [0, 0.05) is 6.04 Å². The molecule has 2 nitrogen and oxygen atoms in total. The van der Waals surface area contributed by atoms with E-state index >= 15 is 0 Å². The molecule has 0 aromatic rings. The van der Waals surface area contributed by atoms with Crippen molar-refractivity contribution in [2.75, 3.05) is 0 Å². The molecule has 0 saturated heterocycles. The molecule has 1 N–H and O–H groups in total. The Morgan fingerprint density at radius 1 is 1.45 bits per heavy atom. The largest absolute Gasteiger partial charge is 0.430 e. The van der Waals surface area contributed by atoms with Gasteiger partial charge in [-0.2, -0.15) is 18.3 Å². The van der Waals surface area contributed by atoms with Crippen LogP contribution in [0.15, 0.2) is 5.10 Å². The molecular weight excluding hydrogens is 157 g/mol. The summed E-state index contributed by atoms with van der Waals surface area (Å²) < 4.78 is 35.2. The molecule has 0 spiro atoms. The third-order valence-electron chi connectivity index (χ3n) is 1.40. The Kier molecular flexibility index (Phi) is 2.06. The molecule has 5 heteroatoms. The first-order chi connectivity index (χ1) is 5.00. The third-order valence-corrected chi connectivity index (χ3v) is 1.40. The molecule has 64 valence electrons. The lowest BCUT2D eigenvalue weighted by atomic mass is 10.4. The average Bonchev–Trinajstić information content (AvgIpc) is 2.62. The van der Waals surface area contributed by atoms with Crippen LogP contribution in [-0.4, -0.2) is 17.9 Å². The molecule has 0 aliphatic heterocycles. The van der Waals surface area contributed by atoms with E-state index in [-0.39, 0.29) is 6.04 Å². The third kappa shape index (κ3) is 2.78. The van der Waals surface area contributed by atoms with Gasteiger partial charge in [0.1, 0.15) is 5.71 Å². The average molecular weight is 166 g/mol. The van der Waals surface area contributed by atoms with Crippen LogP contribution in [0.2, 0.25) is 0 Å². The van der Waals surface area contributed by atoms with E-state index < -0.39 is 11.9 Å². The van der Waals surface area contributed by atoms with Gasteiger partial charge in [-0.05, 0) is 19.8 Å². The lowest BCUT2D eigenvalue weighted by molar-refractivity contribution is -0.0596. The van der Waals surface area contributed by atoms with Crippen LogP contribution < -0.4 is 5.43 Å². The number of halogens is 3. The first-order valence-electron chi connectivity index (χ1n) is 3.37. The number of nitrogens with zero attached hydrogens (tertiary/aromatic N) is 1. The number of hydrazone groups is 1. The fourth-order valence-electron chi connectivity index (χ4n) is 0.464. The maximum absolute atomic E-state index is 11.7. The number of nitrogens with one attached hydrogen (secondary N) is 1. The first-order valence-corrected chi connectivity index (χ1v) is 3.37. The Morgan fingerprint density at radius 3 is 2.36 bits per heavy atom. The molecule has 0 aromatic heterocycles. The summed E-state index contributed by atoms with van der Waals surface area (Å²) in [5.41, 5.74) is 1.62. The molecular formula is C6H9F3N2. The van der Waals surface area contributed by atoms with Gasteiger partial charge in [0.25, 0.3) is 0 Å². The van der Waals surface area contributed by atoms with Crippen LogP contribution in [0.4, 0.5) is 13.2 Å². The van der Waals surface area contributed by atoms with Crippen LogP contribution in [0, 0.1) is 0 Å². The van der Waals surface area contributed by atoms with Crippen molar-refractivity contribution in [2.24, 2.45) is 5.10 Å². The fraction of sp³-hybridized carbons (Fsp3) is 0.833. The van der Waals surface area contributed by atoms with Crippen LogP contribution in [0.1, 0.15) is 19.8 Å². The summed E-state index contributed by atoms with van der Waals surface area (Å²) in [7, 11) is 0. The molecule has 0 atom stereocenters. The number of hydrogen-bond acceptors (Lipinski definition) is 2. The van der Waals surface area contributed by atoms with Crippen molar-refractivity contribution in [3.05, 3.63) is 0 Å². The molecule has 0 heterocycles. The highest BCUT2D eigenvalue weighted by atomic mass is 19.4. The minimum absolute atomic E-state index is 0.173. The van der Waals surface area contributed by atoms with E-state index in [1.807, 2.05) is 0 Å². The summed E-state index contributed by atoms with van der Waals surface area (Å²) in [6, 6.07) is 0.173. The van der Waals surface area contributed by atoms with Crippen molar-refractivity contribution >= 4 is 5.71 Å². The molecule has 1 rings (SSSR count). The number of alkyl halides is 3. The molecule has 1 aliphatic carbocycles. The topological polar surface area (TPSA) is 24.4 Å². The van der Waals surface area contributed by atoms with E-state index in [1.165, 1.54) is 0 Å². The maximum atomic E-state index is 11.7. The van der Waals surface area contributed by atoms with E-state index in [9.17, 15) is 13.2 Å². The normalized spacial score (nSPS) is 20.2. The predicted molar refractivity (Wildman–Crippen MR) is 35.3 cm³/mol. The van der Waals surface area contributed by atoms with E-state index in [0.29, 0.717) is 0 Å². The van der Waals surface area contributed by atoms with Crippen molar-refractivity contribution in [1.82, 2.24) is 5.43 Å². The summed E-state index contributed by atoms with van der Waals surface area (Å²) in [5.74, 6) is 0. The Bertz CT molecular complexity index is 169. The van der Waals surface area contributed by atoms with Crippen LogP contribution in [-0.2, 0) is 0 Å². The van der Waals surface area contributed by atoms with Gasteiger partial charge in [-0.25, -0.2) is 0 Å². The summed E-state index contributed by atoms with van der Waals surface area (Å²) >= 11 is 0. The van der Waals surface area contributed by atoms with Crippen molar-refractivity contribution in [3.8, 4) is 0 Å². The van der Waals surface area contributed by atoms with Gasteiger partial charge in [0.15, 0.2) is 0 Å². The van der Waals surface area contributed by atoms with E-state index in [1.54, 1.807) is 0 Å². The summed E-state index contributed by atoms with van der Waals surface area (Å²) in [6.07, 6.45) is -2.44. The molecule has 1 saturated carbocycles. The molecule has 1 aliphatic rings. The van der Waals surface area contributed by atoms with Gasteiger partial charge >= 0.3 is 6.18 Å². The van der Waals surface area contributed by atoms with Crippen LogP contribution >= 0.6 is 0 Å². The van der Waals surface area contributed by atoms with Crippen LogP contribution in [0.25, 0.3) is 0 Å². The zero-order chi connectivity index (χ0) is 8.48. The molecule has 0 bridgehead atoms. The van der Waals surface area contributed by atoms with E-state index in [2.05, 4.69) is 10.5 Å².